The topological polar surface area (TPSA) is 112 Å². The van der Waals surface area contributed by atoms with Crippen LogP contribution in [-0.2, 0) is 15.1 Å². The Hall–Kier alpha value is -5.09. The highest BCUT2D eigenvalue weighted by molar-refractivity contribution is 6.04. The fourth-order valence-corrected chi connectivity index (χ4v) is 5.85. The van der Waals surface area contributed by atoms with Gasteiger partial charge in [-0.1, -0.05) is 91.0 Å². The van der Waals surface area contributed by atoms with Crippen LogP contribution in [0.15, 0.2) is 126 Å². The number of aryl methyl sites for hydroxylation is 1. The van der Waals surface area contributed by atoms with Gasteiger partial charge in [-0.25, -0.2) is 4.79 Å². The number of aliphatic hydroxyl groups excluding tert-OH is 1. The molecule has 0 radical (unpaired) electrons. The first kappa shape index (κ1) is 30.9. The summed E-state index contributed by atoms with van der Waals surface area (Å²) in [4.78, 5) is 29.9. The molecule has 0 spiro atoms. The van der Waals surface area contributed by atoms with Gasteiger partial charge in [0.05, 0.1) is 19.8 Å². The average Bonchev–Trinajstić information content (AvgIpc) is 3.47. The molecule has 46 heavy (non-hydrogen) atoms. The molecule has 1 saturated heterocycles. The summed E-state index contributed by atoms with van der Waals surface area (Å²) in [6, 6.07) is 36.2. The van der Waals surface area contributed by atoms with Gasteiger partial charge in [-0.3, -0.25) is 9.36 Å². The molecule has 2 N–H and O–H groups in total. The van der Waals surface area contributed by atoms with Gasteiger partial charge in [0.25, 0.3) is 5.91 Å². The summed E-state index contributed by atoms with van der Waals surface area (Å²) in [6.45, 7) is 1.77. The van der Waals surface area contributed by atoms with E-state index in [2.05, 4.69) is 10.3 Å². The Kier molecular flexibility index (Phi) is 9.07. The van der Waals surface area contributed by atoms with Crippen molar-refractivity contribution in [3.05, 3.63) is 160 Å². The van der Waals surface area contributed by atoms with Crippen molar-refractivity contribution < 1.29 is 24.1 Å². The van der Waals surface area contributed by atoms with Crippen LogP contribution in [0.1, 0.15) is 45.3 Å². The number of hydrogen-bond acceptors (Lipinski definition) is 7. The molecule has 1 aliphatic rings. The van der Waals surface area contributed by atoms with Crippen LogP contribution in [0.2, 0.25) is 0 Å². The molecule has 0 aliphatic carbocycles. The first-order valence-electron chi connectivity index (χ1n) is 15.1. The van der Waals surface area contributed by atoms with Crippen molar-refractivity contribution in [2.75, 3.05) is 19.0 Å². The fraction of sp³-hybridized carbons (Fsp3) is 0.216. The van der Waals surface area contributed by atoms with Crippen molar-refractivity contribution >= 4 is 11.7 Å². The summed E-state index contributed by atoms with van der Waals surface area (Å²) < 4.78 is 20.1. The Morgan fingerprint density at radius 2 is 1.54 bits per heavy atom. The largest absolute Gasteiger partial charge is 0.497 e. The van der Waals surface area contributed by atoms with E-state index in [9.17, 15) is 14.7 Å². The van der Waals surface area contributed by atoms with Crippen molar-refractivity contribution in [1.29, 1.82) is 0 Å². The van der Waals surface area contributed by atoms with E-state index >= 15 is 0 Å². The van der Waals surface area contributed by atoms with Crippen LogP contribution < -0.4 is 15.7 Å². The lowest BCUT2D eigenvalue weighted by molar-refractivity contribution is -0.0944. The Bertz CT molecular complexity index is 1810. The molecule has 9 nitrogen and oxygen atoms in total. The molecule has 0 saturated carbocycles. The summed E-state index contributed by atoms with van der Waals surface area (Å²) in [7, 11) is 1.62. The minimum absolute atomic E-state index is 0.0189. The smallest absolute Gasteiger partial charge is 0.351 e. The number of ether oxygens (including phenoxy) is 3. The third-order valence-corrected chi connectivity index (χ3v) is 8.22. The van der Waals surface area contributed by atoms with Crippen LogP contribution in [0.4, 0.5) is 5.82 Å². The van der Waals surface area contributed by atoms with Crippen LogP contribution in [0.3, 0.4) is 0 Å². The number of carbonyl (C=O) groups is 1. The first-order valence-corrected chi connectivity index (χ1v) is 15.1. The van der Waals surface area contributed by atoms with E-state index in [4.69, 9.17) is 14.2 Å². The average molecular weight is 618 g/mol. The van der Waals surface area contributed by atoms with Gasteiger partial charge in [0.1, 0.15) is 29.5 Å². The quantitative estimate of drug-likeness (QED) is 0.200. The molecule has 2 heterocycles. The maximum atomic E-state index is 13.1. The molecule has 234 valence electrons. The molecule has 3 atom stereocenters. The Labute approximate surface area is 267 Å². The zero-order valence-corrected chi connectivity index (χ0v) is 25.6. The number of amides is 1. The molecule has 0 bridgehead atoms. The molecule has 1 aromatic heterocycles. The predicted octanol–water partition coefficient (Wildman–Crippen LogP) is 5.47. The number of anilines is 1. The van der Waals surface area contributed by atoms with Gasteiger partial charge in [-0.15, -0.1) is 0 Å². The van der Waals surface area contributed by atoms with Crippen molar-refractivity contribution in [3.63, 3.8) is 0 Å². The Morgan fingerprint density at radius 1 is 0.935 bits per heavy atom. The molecular formula is C37H35N3O6. The molecule has 1 fully saturated rings. The maximum Gasteiger partial charge on any atom is 0.351 e. The zero-order valence-electron chi connectivity index (χ0n) is 25.6. The molecule has 4 aromatic carbocycles. The third kappa shape index (κ3) is 6.21. The van der Waals surface area contributed by atoms with Crippen LogP contribution >= 0.6 is 0 Å². The highest BCUT2D eigenvalue weighted by atomic mass is 16.6. The number of carbonyl (C=O) groups excluding carboxylic acids is 1. The minimum Gasteiger partial charge on any atom is -0.497 e. The summed E-state index contributed by atoms with van der Waals surface area (Å²) in [5.74, 6) is 0.483. The van der Waals surface area contributed by atoms with Gasteiger partial charge in [0, 0.05) is 23.7 Å². The normalized spacial score (nSPS) is 17.8. The van der Waals surface area contributed by atoms with Gasteiger partial charge in [-0.2, -0.15) is 4.98 Å². The van der Waals surface area contributed by atoms with Gasteiger partial charge in [0.15, 0.2) is 0 Å². The summed E-state index contributed by atoms with van der Waals surface area (Å²) >= 11 is 0. The van der Waals surface area contributed by atoms with Gasteiger partial charge in [-0.05, 0) is 47.9 Å². The monoisotopic (exact) mass is 617 g/mol. The standard InChI is InChI=1S/C37H35N3O6/c1-25-23-40(36(43)39-34(25)38-35(42)26-13-6-3-7-14-26)33-22-31(41)32(46-33)24-45-37(27-15-8-4-9-16-27,28-17-10-5-11-18-28)29-19-12-20-30(21-29)44-2/h3-21,23,31-33,41H,22,24H2,1-2H3,(H,38,39,42,43)/t31-,32+,33+/m0/s1. The van der Waals surface area contributed by atoms with E-state index in [1.165, 1.54) is 4.57 Å². The molecule has 1 aliphatic heterocycles. The van der Waals surface area contributed by atoms with Gasteiger partial charge >= 0.3 is 5.69 Å². The Balaban J connectivity index is 1.27. The number of hydrogen-bond donors (Lipinski definition) is 2. The second-order valence-electron chi connectivity index (χ2n) is 11.2. The lowest BCUT2D eigenvalue weighted by atomic mass is 9.80. The summed E-state index contributed by atoms with van der Waals surface area (Å²) in [5, 5.41) is 13.9. The van der Waals surface area contributed by atoms with Crippen LogP contribution in [0, 0.1) is 6.92 Å². The molecule has 0 unspecified atom stereocenters. The highest BCUT2D eigenvalue weighted by Gasteiger charge is 2.42. The first-order chi connectivity index (χ1) is 22.4. The highest BCUT2D eigenvalue weighted by Crippen LogP contribution is 2.42. The second kappa shape index (κ2) is 13.5. The number of benzene rings is 4. The number of methoxy groups -OCH3 is 1. The SMILES string of the molecule is COc1cccc(C(OC[C@H]2O[C@@H](n3cc(C)c(NC(=O)c4ccccc4)nc3=O)C[C@@H]2O)(c2ccccc2)c2ccccc2)c1. The van der Waals surface area contributed by atoms with Crippen molar-refractivity contribution in [2.24, 2.45) is 0 Å². The van der Waals surface area contributed by atoms with Crippen LogP contribution in [0.5, 0.6) is 5.75 Å². The molecule has 1 amide bonds. The van der Waals surface area contributed by atoms with Crippen molar-refractivity contribution in [3.8, 4) is 5.75 Å². The van der Waals surface area contributed by atoms with Crippen LogP contribution in [-0.4, -0.2) is 46.5 Å². The fourth-order valence-electron chi connectivity index (χ4n) is 5.85. The lowest BCUT2D eigenvalue weighted by Crippen LogP contribution is -2.38. The van der Waals surface area contributed by atoms with Crippen molar-refractivity contribution in [2.45, 2.75) is 37.4 Å². The van der Waals surface area contributed by atoms with E-state index in [0.717, 1.165) is 16.7 Å². The molecule has 5 aromatic rings. The zero-order chi connectivity index (χ0) is 32.1. The van der Waals surface area contributed by atoms with Gasteiger partial charge < -0.3 is 24.6 Å². The number of rotatable bonds is 10. The molecule has 9 heteroatoms. The Morgan fingerprint density at radius 3 is 2.17 bits per heavy atom. The number of aromatic nitrogens is 2. The van der Waals surface area contributed by atoms with E-state index in [-0.39, 0.29) is 24.8 Å². The maximum absolute atomic E-state index is 13.1. The minimum atomic E-state index is -1.06. The predicted molar refractivity (Wildman–Crippen MR) is 174 cm³/mol. The van der Waals surface area contributed by atoms with Crippen molar-refractivity contribution in [1.82, 2.24) is 9.55 Å². The lowest BCUT2D eigenvalue weighted by Gasteiger charge is -2.37. The summed E-state index contributed by atoms with van der Waals surface area (Å²) in [5.41, 5.74) is 1.99. The second-order valence-corrected chi connectivity index (χ2v) is 11.2. The number of aliphatic hydroxyl groups is 1. The number of nitrogens with one attached hydrogen (secondary N) is 1. The molecular weight excluding hydrogens is 582 g/mol. The summed E-state index contributed by atoms with van der Waals surface area (Å²) in [6.07, 6.45) is -0.685. The van der Waals surface area contributed by atoms with E-state index in [1.54, 1.807) is 44.5 Å². The number of nitrogens with zero attached hydrogens (tertiary/aromatic N) is 2. The molecule has 6 rings (SSSR count). The van der Waals surface area contributed by atoms with E-state index < -0.39 is 29.7 Å². The van der Waals surface area contributed by atoms with E-state index in [1.807, 2.05) is 91.0 Å². The van der Waals surface area contributed by atoms with E-state index in [0.29, 0.717) is 16.9 Å². The van der Waals surface area contributed by atoms with Gasteiger partial charge in [0.2, 0.25) is 0 Å². The third-order valence-electron chi connectivity index (χ3n) is 8.22. The van der Waals surface area contributed by atoms with Crippen LogP contribution in [0.25, 0.3) is 0 Å².